The van der Waals surface area contributed by atoms with E-state index in [-0.39, 0.29) is 0 Å². The second-order valence-electron chi connectivity index (χ2n) is 3.45. The van der Waals surface area contributed by atoms with Gasteiger partial charge in [-0.1, -0.05) is 0 Å². The molecular weight excluding hydrogens is 168 g/mol. The molecule has 0 spiro atoms. The number of hydrogen-bond acceptors (Lipinski definition) is 3. The van der Waals surface area contributed by atoms with Gasteiger partial charge >= 0.3 is 0 Å². The van der Waals surface area contributed by atoms with Crippen LogP contribution in [0.2, 0.25) is 0 Å². The molecule has 1 unspecified atom stereocenters. The van der Waals surface area contributed by atoms with E-state index in [4.69, 9.17) is 4.74 Å². The first-order valence-corrected chi connectivity index (χ1v) is 5.10. The van der Waals surface area contributed by atoms with Gasteiger partial charge in [0.25, 0.3) is 6.47 Å². The molecule has 1 aliphatic rings. The van der Waals surface area contributed by atoms with Crippen LogP contribution in [0.4, 0.5) is 0 Å². The molecule has 3 nitrogen and oxygen atoms in total. The van der Waals surface area contributed by atoms with Crippen LogP contribution in [-0.2, 0) is 14.3 Å². The van der Waals surface area contributed by atoms with Gasteiger partial charge in [-0.25, -0.2) is 0 Å². The normalized spacial score (nSPS) is 22.6. The van der Waals surface area contributed by atoms with Crippen molar-refractivity contribution in [2.75, 3.05) is 13.2 Å². The van der Waals surface area contributed by atoms with Crippen molar-refractivity contribution in [2.45, 2.75) is 44.6 Å². The standard InChI is InChI=1S/C10H18O3/c11-9-12-7-3-1-5-10-6-2-4-8-13-10/h9-10H,1-8H2. The van der Waals surface area contributed by atoms with Gasteiger partial charge in [0.1, 0.15) is 0 Å². The number of ether oxygens (including phenoxy) is 2. The molecule has 0 bridgehead atoms. The molecule has 0 saturated carbocycles. The quantitative estimate of drug-likeness (QED) is 0.469. The molecule has 1 heterocycles. The molecule has 0 aromatic rings. The fourth-order valence-corrected chi connectivity index (χ4v) is 1.64. The van der Waals surface area contributed by atoms with E-state index < -0.39 is 0 Å². The number of carbonyl (C=O) groups excluding carboxylic acids is 1. The highest BCUT2D eigenvalue weighted by Gasteiger charge is 2.12. The lowest BCUT2D eigenvalue weighted by Crippen LogP contribution is -2.18. The van der Waals surface area contributed by atoms with Crippen LogP contribution in [0, 0.1) is 0 Å². The fraction of sp³-hybridized carbons (Fsp3) is 0.900. The van der Waals surface area contributed by atoms with Crippen molar-refractivity contribution in [3.05, 3.63) is 0 Å². The summed E-state index contributed by atoms with van der Waals surface area (Å²) < 4.78 is 10.2. The van der Waals surface area contributed by atoms with Gasteiger partial charge in [-0.05, 0) is 38.5 Å². The lowest BCUT2D eigenvalue weighted by Gasteiger charge is -2.22. The Morgan fingerprint density at radius 3 is 3.00 bits per heavy atom. The van der Waals surface area contributed by atoms with E-state index in [0.29, 0.717) is 19.2 Å². The molecule has 76 valence electrons. The van der Waals surface area contributed by atoms with Crippen LogP contribution < -0.4 is 0 Å². The average molecular weight is 186 g/mol. The van der Waals surface area contributed by atoms with Crippen LogP contribution in [0.15, 0.2) is 0 Å². The highest BCUT2D eigenvalue weighted by Crippen LogP contribution is 2.17. The summed E-state index contributed by atoms with van der Waals surface area (Å²) >= 11 is 0. The molecule has 1 rings (SSSR count). The van der Waals surface area contributed by atoms with Crippen molar-refractivity contribution in [1.82, 2.24) is 0 Å². The van der Waals surface area contributed by atoms with Crippen molar-refractivity contribution < 1.29 is 14.3 Å². The van der Waals surface area contributed by atoms with Gasteiger partial charge in [0.2, 0.25) is 0 Å². The monoisotopic (exact) mass is 186 g/mol. The summed E-state index contributed by atoms with van der Waals surface area (Å²) in [5.74, 6) is 0. The van der Waals surface area contributed by atoms with E-state index in [2.05, 4.69) is 4.74 Å². The number of hydrogen-bond donors (Lipinski definition) is 0. The number of rotatable bonds is 6. The minimum absolute atomic E-state index is 0.463. The van der Waals surface area contributed by atoms with Gasteiger partial charge < -0.3 is 9.47 Å². The summed E-state index contributed by atoms with van der Waals surface area (Å²) in [7, 11) is 0. The van der Waals surface area contributed by atoms with Gasteiger partial charge in [-0.2, -0.15) is 0 Å². The summed E-state index contributed by atoms with van der Waals surface area (Å²) in [4.78, 5) is 9.82. The van der Waals surface area contributed by atoms with Gasteiger partial charge in [0.05, 0.1) is 12.7 Å². The topological polar surface area (TPSA) is 35.5 Å². The summed E-state index contributed by atoms with van der Waals surface area (Å²) in [6.45, 7) is 1.99. The lowest BCUT2D eigenvalue weighted by atomic mass is 10.0. The molecule has 0 aromatic heterocycles. The van der Waals surface area contributed by atoms with Crippen LogP contribution in [-0.4, -0.2) is 25.8 Å². The minimum Gasteiger partial charge on any atom is -0.468 e. The third kappa shape index (κ3) is 4.88. The zero-order valence-corrected chi connectivity index (χ0v) is 8.04. The van der Waals surface area contributed by atoms with Crippen LogP contribution in [0.25, 0.3) is 0 Å². The Labute approximate surface area is 79.4 Å². The van der Waals surface area contributed by atoms with E-state index in [1.807, 2.05) is 0 Å². The zero-order valence-electron chi connectivity index (χ0n) is 8.04. The molecule has 0 N–H and O–H groups in total. The van der Waals surface area contributed by atoms with Crippen molar-refractivity contribution in [3.8, 4) is 0 Å². The third-order valence-electron chi connectivity index (χ3n) is 2.38. The molecule has 1 aliphatic heterocycles. The minimum atomic E-state index is 0.463. The van der Waals surface area contributed by atoms with Crippen molar-refractivity contribution in [3.63, 3.8) is 0 Å². The number of carbonyl (C=O) groups is 1. The van der Waals surface area contributed by atoms with E-state index in [9.17, 15) is 4.79 Å². The molecule has 0 radical (unpaired) electrons. The molecule has 1 atom stereocenters. The first-order chi connectivity index (χ1) is 6.43. The zero-order chi connectivity index (χ0) is 9.36. The van der Waals surface area contributed by atoms with Gasteiger partial charge in [-0.15, -0.1) is 0 Å². The average Bonchev–Trinajstić information content (AvgIpc) is 2.19. The Morgan fingerprint density at radius 2 is 2.31 bits per heavy atom. The lowest BCUT2D eigenvalue weighted by molar-refractivity contribution is -0.128. The van der Waals surface area contributed by atoms with Crippen molar-refractivity contribution >= 4 is 6.47 Å². The van der Waals surface area contributed by atoms with Gasteiger partial charge in [0.15, 0.2) is 0 Å². The van der Waals surface area contributed by atoms with Crippen molar-refractivity contribution in [1.29, 1.82) is 0 Å². The Morgan fingerprint density at radius 1 is 1.38 bits per heavy atom. The van der Waals surface area contributed by atoms with Crippen LogP contribution in [0.3, 0.4) is 0 Å². The Bertz CT molecular complexity index is 130. The highest BCUT2D eigenvalue weighted by atomic mass is 16.5. The van der Waals surface area contributed by atoms with Crippen LogP contribution in [0.5, 0.6) is 0 Å². The van der Waals surface area contributed by atoms with Crippen LogP contribution in [0.1, 0.15) is 38.5 Å². The second kappa shape index (κ2) is 6.89. The second-order valence-corrected chi connectivity index (χ2v) is 3.45. The van der Waals surface area contributed by atoms with E-state index in [0.717, 1.165) is 25.9 Å². The first-order valence-electron chi connectivity index (χ1n) is 5.10. The molecule has 0 amide bonds. The van der Waals surface area contributed by atoms with E-state index >= 15 is 0 Å². The first kappa shape index (κ1) is 10.5. The largest absolute Gasteiger partial charge is 0.468 e. The van der Waals surface area contributed by atoms with Crippen LogP contribution >= 0.6 is 0 Å². The van der Waals surface area contributed by atoms with Crippen molar-refractivity contribution in [2.24, 2.45) is 0 Å². The molecule has 1 saturated heterocycles. The predicted molar refractivity (Wildman–Crippen MR) is 49.5 cm³/mol. The smallest absolute Gasteiger partial charge is 0.293 e. The summed E-state index contributed by atoms with van der Waals surface area (Å²) in [6, 6.07) is 0. The Balaban J connectivity index is 1.89. The number of unbranched alkanes of at least 4 members (excludes halogenated alkanes) is 1. The molecule has 0 aliphatic carbocycles. The predicted octanol–water partition coefficient (Wildman–Crippen LogP) is 1.90. The SMILES string of the molecule is O=COCCCCC1CCCCO1. The molecule has 1 fully saturated rings. The highest BCUT2D eigenvalue weighted by molar-refractivity contribution is 5.36. The Hall–Kier alpha value is -0.570. The maximum absolute atomic E-state index is 9.82. The maximum Gasteiger partial charge on any atom is 0.293 e. The maximum atomic E-state index is 9.82. The molecule has 3 heteroatoms. The molecule has 13 heavy (non-hydrogen) atoms. The Kier molecular flexibility index (Phi) is 5.57. The molecule has 0 aromatic carbocycles. The van der Waals surface area contributed by atoms with E-state index in [1.165, 1.54) is 19.3 Å². The third-order valence-corrected chi connectivity index (χ3v) is 2.38. The summed E-state index contributed by atoms with van der Waals surface area (Å²) in [5, 5.41) is 0. The van der Waals surface area contributed by atoms with Gasteiger partial charge in [0, 0.05) is 6.61 Å². The summed E-state index contributed by atoms with van der Waals surface area (Å²) in [6.07, 6.45) is 7.35. The van der Waals surface area contributed by atoms with E-state index in [1.54, 1.807) is 0 Å². The summed E-state index contributed by atoms with van der Waals surface area (Å²) in [5.41, 5.74) is 0. The van der Waals surface area contributed by atoms with Gasteiger partial charge in [-0.3, -0.25) is 4.79 Å². The molecular formula is C10H18O3. The fourth-order valence-electron chi connectivity index (χ4n) is 1.64.